The molecule has 2 aliphatic heterocycles. The molecule has 0 bridgehead atoms. The largest absolute Gasteiger partial charge is 0.493 e. The standard InChI is InChI=1S/C25H37N3O4/c1-18(2)17-27-11-13-28(14-12-27)24(29)25(3)16-21(26-32-25)19-9-10-22(30-4)23(15-19)31-20-7-5-6-8-20/h9-10,15-16,18,20,26H,5-8,11-14,17H2,1-4H3. The average Bonchev–Trinajstić information content (AvgIpc) is 3.44. The van der Waals surface area contributed by atoms with Crippen molar-refractivity contribution < 1.29 is 19.1 Å². The van der Waals surface area contributed by atoms with Gasteiger partial charge in [0.1, 0.15) is 0 Å². The molecule has 2 fully saturated rings. The molecule has 3 aliphatic rings. The van der Waals surface area contributed by atoms with Crippen molar-refractivity contribution in [1.29, 1.82) is 0 Å². The van der Waals surface area contributed by atoms with Crippen LogP contribution in [0.3, 0.4) is 0 Å². The van der Waals surface area contributed by atoms with Crippen molar-refractivity contribution >= 4 is 11.6 Å². The normalized spacial score (nSPS) is 24.5. The molecule has 1 aromatic carbocycles. The first-order valence-electron chi connectivity index (χ1n) is 11.9. The maximum absolute atomic E-state index is 13.3. The zero-order valence-corrected chi connectivity index (χ0v) is 19.9. The first kappa shape index (κ1) is 22.9. The highest BCUT2D eigenvalue weighted by Gasteiger charge is 2.42. The zero-order valence-electron chi connectivity index (χ0n) is 19.9. The van der Waals surface area contributed by atoms with Crippen molar-refractivity contribution in [3.05, 3.63) is 29.8 Å². The number of piperazine rings is 1. The summed E-state index contributed by atoms with van der Waals surface area (Å²) in [6, 6.07) is 5.84. The van der Waals surface area contributed by atoms with Gasteiger partial charge in [0, 0.05) is 38.3 Å². The van der Waals surface area contributed by atoms with Crippen molar-refractivity contribution in [2.45, 2.75) is 58.2 Å². The molecule has 0 radical (unpaired) electrons. The molecular formula is C25H37N3O4. The van der Waals surface area contributed by atoms with Crippen molar-refractivity contribution in [2.75, 3.05) is 39.8 Å². The molecule has 4 rings (SSSR count). The van der Waals surface area contributed by atoms with Gasteiger partial charge < -0.3 is 14.4 Å². The SMILES string of the molecule is COc1ccc(C2=CC(C)(C(=O)N3CCN(CC(C)C)CC3)ON2)cc1OC1CCCC1. The third kappa shape index (κ3) is 5.04. The fourth-order valence-corrected chi connectivity index (χ4v) is 4.83. The van der Waals surface area contributed by atoms with Crippen LogP contribution in [0.5, 0.6) is 11.5 Å². The summed E-state index contributed by atoms with van der Waals surface area (Å²) >= 11 is 0. The fourth-order valence-electron chi connectivity index (χ4n) is 4.83. The molecule has 1 saturated carbocycles. The van der Waals surface area contributed by atoms with Gasteiger partial charge in [-0.1, -0.05) is 13.8 Å². The summed E-state index contributed by atoms with van der Waals surface area (Å²) in [7, 11) is 1.66. The van der Waals surface area contributed by atoms with E-state index in [1.54, 1.807) is 7.11 Å². The van der Waals surface area contributed by atoms with Crippen LogP contribution in [-0.4, -0.2) is 67.2 Å². The highest BCUT2D eigenvalue weighted by Crippen LogP contribution is 2.36. The molecular weight excluding hydrogens is 406 g/mol. The number of methoxy groups -OCH3 is 1. The molecule has 2 heterocycles. The van der Waals surface area contributed by atoms with E-state index in [1.165, 1.54) is 12.8 Å². The lowest BCUT2D eigenvalue weighted by atomic mass is 10.0. The summed E-state index contributed by atoms with van der Waals surface area (Å²) in [6.45, 7) is 10.6. The second-order valence-electron chi connectivity index (χ2n) is 9.75. The van der Waals surface area contributed by atoms with Gasteiger partial charge in [0.25, 0.3) is 5.91 Å². The minimum atomic E-state index is -1.03. The number of hydrogen-bond donors (Lipinski definition) is 1. The Labute approximate surface area is 191 Å². The molecule has 1 amide bonds. The number of hydroxylamine groups is 1. The van der Waals surface area contributed by atoms with Gasteiger partial charge in [-0.05, 0) is 62.8 Å². The van der Waals surface area contributed by atoms with Gasteiger partial charge >= 0.3 is 0 Å². The molecule has 1 N–H and O–H groups in total. The molecule has 7 nitrogen and oxygen atoms in total. The number of nitrogens with zero attached hydrogens (tertiary/aromatic N) is 2. The number of ether oxygens (including phenoxy) is 2. The highest BCUT2D eigenvalue weighted by atomic mass is 16.7. The van der Waals surface area contributed by atoms with Crippen molar-refractivity contribution in [3.8, 4) is 11.5 Å². The summed E-state index contributed by atoms with van der Waals surface area (Å²) in [6.07, 6.45) is 6.70. The number of benzene rings is 1. The Morgan fingerprint density at radius 3 is 2.56 bits per heavy atom. The number of nitrogens with one attached hydrogen (secondary N) is 1. The maximum atomic E-state index is 13.3. The Balaban J connectivity index is 1.45. The van der Waals surface area contributed by atoms with Gasteiger partial charge in [-0.2, -0.15) is 0 Å². The number of amides is 1. The summed E-state index contributed by atoms with van der Waals surface area (Å²) in [5, 5.41) is 0. The Morgan fingerprint density at radius 2 is 1.91 bits per heavy atom. The van der Waals surface area contributed by atoms with Crippen molar-refractivity contribution in [2.24, 2.45) is 5.92 Å². The molecule has 7 heteroatoms. The second-order valence-corrected chi connectivity index (χ2v) is 9.75. The van der Waals surface area contributed by atoms with E-state index in [0.717, 1.165) is 68.3 Å². The van der Waals surface area contributed by atoms with Crippen LogP contribution in [0.2, 0.25) is 0 Å². The van der Waals surface area contributed by atoms with Gasteiger partial charge in [0.15, 0.2) is 17.1 Å². The van der Waals surface area contributed by atoms with Crippen LogP contribution in [0.25, 0.3) is 5.70 Å². The van der Waals surface area contributed by atoms with Crippen LogP contribution in [0.4, 0.5) is 0 Å². The van der Waals surface area contributed by atoms with E-state index in [-0.39, 0.29) is 12.0 Å². The third-order valence-corrected chi connectivity index (χ3v) is 6.57. The summed E-state index contributed by atoms with van der Waals surface area (Å²) in [5.41, 5.74) is 3.65. The summed E-state index contributed by atoms with van der Waals surface area (Å²) in [4.78, 5) is 23.4. The van der Waals surface area contributed by atoms with E-state index in [1.807, 2.05) is 36.1 Å². The van der Waals surface area contributed by atoms with Gasteiger partial charge in [0.05, 0.1) is 18.9 Å². The van der Waals surface area contributed by atoms with Crippen LogP contribution in [0.15, 0.2) is 24.3 Å². The Hall–Kier alpha value is -2.25. The summed E-state index contributed by atoms with van der Waals surface area (Å²) < 4.78 is 11.7. The van der Waals surface area contributed by atoms with Crippen LogP contribution in [-0.2, 0) is 9.63 Å². The fraction of sp³-hybridized carbons (Fsp3) is 0.640. The Morgan fingerprint density at radius 1 is 1.19 bits per heavy atom. The molecule has 1 unspecified atom stereocenters. The number of carbonyl (C=O) groups excluding carboxylic acids is 1. The van der Waals surface area contributed by atoms with Crippen LogP contribution in [0.1, 0.15) is 52.0 Å². The molecule has 1 atom stereocenters. The van der Waals surface area contributed by atoms with E-state index in [0.29, 0.717) is 5.92 Å². The van der Waals surface area contributed by atoms with Gasteiger partial charge in [-0.15, -0.1) is 0 Å². The van der Waals surface area contributed by atoms with Gasteiger partial charge in [-0.3, -0.25) is 20.0 Å². The second kappa shape index (κ2) is 9.71. The quantitative estimate of drug-likeness (QED) is 0.697. The van der Waals surface area contributed by atoms with E-state index < -0.39 is 5.60 Å². The average molecular weight is 444 g/mol. The molecule has 32 heavy (non-hydrogen) atoms. The number of hydrogen-bond acceptors (Lipinski definition) is 6. The lowest BCUT2D eigenvalue weighted by Crippen LogP contribution is -2.55. The summed E-state index contributed by atoms with van der Waals surface area (Å²) in [5.74, 6) is 2.09. The highest BCUT2D eigenvalue weighted by molar-refractivity contribution is 5.90. The smallest absolute Gasteiger partial charge is 0.261 e. The molecule has 1 saturated heterocycles. The van der Waals surface area contributed by atoms with E-state index in [2.05, 4.69) is 24.2 Å². The molecule has 0 aromatic heterocycles. The predicted octanol–water partition coefficient (Wildman–Crippen LogP) is 3.45. The van der Waals surface area contributed by atoms with E-state index >= 15 is 0 Å². The lowest BCUT2D eigenvalue weighted by Gasteiger charge is -2.38. The van der Waals surface area contributed by atoms with Crippen LogP contribution < -0.4 is 15.0 Å². The van der Waals surface area contributed by atoms with Crippen LogP contribution in [0, 0.1) is 5.92 Å². The zero-order chi connectivity index (χ0) is 22.7. The van der Waals surface area contributed by atoms with Crippen LogP contribution >= 0.6 is 0 Å². The van der Waals surface area contributed by atoms with Crippen molar-refractivity contribution in [3.63, 3.8) is 0 Å². The minimum Gasteiger partial charge on any atom is -0.493 e. The predicted molar refractivity (Wildman–Crippen MR) is 124 cm³/mol. The van der Waals surface area contributed by atoms with E-state index in [9.17, 15) is 4.79 Å². The van der Waals surface area contributed by atoms with Gasteiger partial charge in [0.2, 0.25) is 0 Å². The monoisotopic (exact) mass is 443 g/mol. The number of carbonyl (C=O) groups is 1. The molecule has 0 spiro atoms. The lowest BCUT2D eigenvalue weighted by molar-refractivity contribution is -0.154. The van der Waals surface area contributed by atoms with Crippen molar-refractivity contribution in [1.82, 2.24) is 15.3 Å². The minimum absolute atomic E-state index is 0.000128. The Bertz CT molecular complexity index is 842. The number of rotatable bonds is 7. The molecule has 176 valence electrons. The van der Waals surface area contributed by atoms with E-state index in [4.69, 9.17) is 14.3 Å². The first-order chi connectivity index (χ1) is 15.4. The topological polar surface area (TPSA) is 63.3 Å². The molecule has 1 aromatic rings. The Kier molecular flexibility index (Phi) is 6.96. The molecule has 1 aliphatic carbocycles. The maximum Gasteiger partial charge on any atom is 0.261 e. The van der Waals surface area contributed by atoms with Gasteiger partial charge in [-0.25, -0.2) is 0 Å². The first-order valence-corrected chi connectivity index (χ1v) is 11.9. The third-order valence-electron chi connectivity index (χ3n) is 6.57.